The Kier molecular flexibility index (Phi) is 8.76. The van der Waals surface area contributed by atoms with Gasteiger partial charge in [-0.25, -0.2) is 14.0 Å². The molecule has 0 aliphatic carbocycles. The van der Waals surface area contributed by atoms with E-state index in [1.54, 1.807) is 19.1 Å². The molecule has 33 heavy (non-hydrogen) atoms. The summed E-state index contributed by atoms with van der Waals surface area (Å²) in [5, 5.41) is 11.9. The van der Waals surface area contributed by atoms with Crippen molar-refractivity contribution in [1.82, 2.24) is 5.32 Å². The molecule has 1 aromatic heterocycles. The third kappa shape index (κ3) is 6.19. The Labute approximate surface area is 196 Å². The zero-order chi connectivity index (χ0) is 24.8. The van der Waals surface area contributed by atoms with Gasteiger partial charge in [0, 0.05) is 10.6 Å². The van der Waals surface area contributed by atoms with E-state index in [0.717, 1.165) is 22.3 Å². The number of rotatable bonds is 11. The molecule has 1 unspecified atom stereocenters. The fraction of sp³-hybridized carbons (Fsp3) is 0.375. The van der Waals surface area contributed by atoms with Crippen molar-refractivity contribution in [3.63, 3.8) is 0 Å². The second-order valence-electron chi connectivity index (χ2n) is 7.76. The number of carboxylic acid groups (broad SMARTS) is 1. The summed E-state index contributed by atoms with van der Waals surface area (Å²) in [6.45, 7) is 8.97. The van der Waals surface area contributed by atoms with Crippen LogP contribution in [0.1, 0.15) is 60.1 Å². The van der Waals surface area contributed by atoms with E-state index in [9.17, 15) is 23.9 Å². The lowest BCUT2D eigenvalue weighted by atomic mass is 9.77. The van der Waals surface area contributed by atoms with Crippen LogP contribution in [0.15, 0.2) is 36.9 Å². The number of carboxylic acids is 1. The predicted octanol–water partition coefficient (Wildman–Crippen LogP) is 4.36. The minimum atomic E-state index is -1.08. The first-order valence-corrected chi connectivity index (χ1v) is 11.5. The van der Waals surface area contributed by atoms with Gasteiger partial charge in [-0.05, 0) is 61.6 Å². The maximum atomic E-state index is 14.2. The molecule has 2 rings (SSSR count). The van der Waals surface area contributed by atoms with Crippen LogP contribution >= 0.6 is 11.3 Å². The summed E-state index contributed by atoms with van der Waals surface area (Å²) in [7, 11) is 0. The first-order chi connectivity index (χ1) is 15.6. The van der Waals surface area contributed by atoms with Crippen LogP contribution in [0, 0.1) is 11.2 Å². The topological polar surface area (TPSA) is 119 Å². The molecule has 0 fully saturated rings. The van der Waals surface area contributed by atoms with Crippen molar-refractivity contribution in [2.45, 2.75) is 52.5 Å². The number of hydrogen-bond acceptors (Lipinski definition) is 6. The lowest BCUT2D eigenvalue weighted by Gasteiger charge is -2.31. The molecule has 178 valence electrons. The van der Waals surface area contributed by atoms with Crippen LogP contribution in [0.2, 0.25) is 0 Å². The van der Waals surface area contributed by atoms with Gasteiger partial charge in [0.15, 0.2) is 11.6 Å². The van der Waals surface area contributed by atoms with Gasteiger partial charge in [0.1, 0.15) is 10.9 Å². The van der Waals surface area contributed by atoms with E-state index in [4.69, 9.17) is 10.5 Å². The minimum Gasteiger partial charge on any atom is -0.480 e. The van der Waals surface area contributed by atoms with Crippen molar-refractivity contribution >= 4 is 34.9 Å². The normalized spacial score (nSPS) is 12.1. The van der Waals surface area contributed by atoms with Crippen LogP contribution < -0.4 is 15.8 Å². The zero-order valence-corrected chi connectivity index (χ0v) is 19.8. The number of carbonyl (C=O) groups is 3. The number of halogens is 1. The monoisotopic (exact) mass is 476 g/mol. The fourth-order valence-electron chi connectivity index (χ4n) is 3.40. The van der Waals surface area contributed by atoms with Gasteiger partial charge in [-0.15, -0.1) is 11.3 Å². The van der Waals surface area contributed by atoms with Gasteiger partial charge >= 0.3 is 11.9 Å². The van der Waals surface area contributed by atoms with Crippen LogP contribution in [-0.4, -0.2) is 29.0 Å². The fourth-order valence-corrected chi connectivity index (χ4v) is 4.43. The van der Waals surface area contributed by atoms with Crippen LogP contribution in [0.5, 0.6) is 5.75 Å². The van der Waals surface area contributed by atoms with Crippen LogP contribution in [0.3, 0.4) is 0 Å². The molecule has 1 amide bonds. The van der Waals surface area contributed by atoms with Gasteiger partial charge in [0.25, 0.3) is 0 Å². The molecule has 0 saturated carbocycles. The number of ether oxygens (including phenoxy) is 1. The summed E-state index contributed by atoms with van der Waals surface area (Å²) in [4.78, 5) is 37.9. The number of amides is 1. The number of benzene rings is 1. The van der Waals surface area contributed by atoms with Crippen molar-refractivity contribution in [2.24, 2.45) is 11.1 Å². The highest BCUT2D eigenvalue weighted by Crippen LogP contribution is 2.34. The Balaban J connectivity index is 2.17. The molecular weight excluding hydrogens is 447 g/mol. The second kappa shape index (κ2) is 11.1. The van der Waals surface area contributed by atoms with Gasteiger partial charge in [-0.3, -0.25) is 4.79 Å². The summed E-state index contributed by atoms with van der Waals surface area (Å²) in [5.74, 6) is -3.09. The van der Waals surface area contributed by atoms with Crippen LogP contribution in [-0.2, 0) is 16.0 Å². The van der Waals surface area contributed by atoms with Crippen LogP contribution in [0.4, 0.5) is 4.39 Å². The third-order valence-corrected chi connectivity index (χ3v) is 6.79. The van der Waals surface area contributed by atoms with Crippen molar-refractivity contribution in [3.05, 3.63) is 58.0 Å². The Morgan fingerprint density at radius 1 is 1.21 bits per heavy atom. The van der Waals surface area contributed by atoms with E-state index in [1.165, 1.54) is 12.1 Å². The second-order valence-corrected chi connectivity index (χ2v) is 8.93. The molecule has 1 atom stereocenters. The molecule has 0 radical (unpaired) electrons. The average Bonchev–Trinajstić information content (AvgIpc) is 3.25. The largest absolute Gasteiger partial charge is 0.480 e. The highest BCUT2D eigenvalue weighted by Gasteiger charge is 2.37. The SMILES string of the molecule is C=C(N)c1ccc(OC(=O)c2ccc(CC(CC)(CC)C(=O)NC(CC)C(=O)O)s2)c(F)c1. The summed E-state index contributed by atoms with van der Waals surface area (Å²) in [5.41, 5.74) is 5.32. The molecule has 4 N–H and O–H groups in total. The van der Waals surface area contributed by atoms with E-state index in [2.05, 4.69) is 11.9 Å². The standard InChI is InChI=1S/C24H29FN2O5S/c1-5-18(21(28)29)27-23(31)24(6-2,7-3)13-16-9-11-20(33-16)22(30)32-19-10-8-15(14(4)26)12-17(19)25/h8-12,18H,4-7,13,26H2,1-3H3,(H,27,31)(H,28,29). The van der Waals surface area contributed by atoms with Gasteiger partial charge in [0.05, 0.1) is 5.41 Å². The number of hydrogen-bond donors (Lipinski definition) is 3. The van der Waals surface area contributed by atoms with Crippen LogP contribution in [0.25, 0.3) is 5.70 Å². The number of nitrogens with two attached hydrogens (primary N) is 1. The molecule has 0 aliphatic heterocycles. The van der Waals surface area contributed by atoms with Gasteiger partial charge in [-0.2, -0.15) is 0 Å². The lowest BCUT2D eigenvalue weighted by Crippen LogP contribution is -2.48. The molecule has 2 aromatic rings. The number of thiophene rings is 1. The van der Waals surface area contributed by atoms with Crippen molar-refractivity contribution in [2.75, 3.05) is 0 Å². The number of aliphatic carboxylic acids is 1. The van der Waals surface area contributed by atoms with Crippen molar-refractivity contribution in [1.29, 1.82) is 0 Å². The Bertz CT molecular complexity index is 1050. The van der Waals surface area contributed by atoms with Gasteiger partial charge in [-0.1, -0.05) is 27.4 Å². The zero-order valence-electron chi connectivity index (χ0n) is 18.9. The van der Waals surface area contributed by atoms with Gasteiger partial charge < -0.3 is 20.9 Å². The molecule has 1 aromatic carbocycles. The maximum absolute atomic E-state index is 14.2. The molecule has 1 heterocycles. The predicted molar refractivity (Wildman–Crippen MR) is 125 cm³/mol. The Hall–Kier alpha value is -3.20. The van der Waals surface area contributed by atoms with Crippen molar-refractivity contribution < 1.29 is 28.6 Å². The van der Waals surface area contributed by atoms with E-state index in [0.29, 0.717) is 24.8 Å². The molecular formula is C24H29FN2O5S. The molecule has 9 heteroatoms. The van der Waals surface area contributed by atoms with Gasteiger partial charge in [0.2, 0.25) is 5.91 Å². The Morgan fingerprint density at radius 3 is 2.39 bits per heavy atom. The number of nitrogens with one attached hydrogen (secondary N) is 1. The molecule has 7 nitrogen and oxygen atoms in total. The first kappa shape index (κ1) is 26.1. The number of esters is 1. The smallest absolute Gasteiger partial charge is 0.353 e. The summed E-state index contributed by atoms with van der Waals surface area (Å²) in [6.07, 6.45) is 1.60. The maximum Gasteiger partial charge on any atom is 0.353 e. The summed E-state index contributed by atoms with van der Waals surface area (Å²) in [6, 6.07) is 6.29. The lowest BCUT2D eigenvalue weighted by molar-refractivity contribution is -0.144. The highest BCUT2D eigenvalue weighted by molar-refractivity contribution is 7.14. The first-order valence-electron chi connectivity index (χ1n) is 10.7. The van der Waals surface area contributed by atoms with E-state index in [-0.39, 0.29) is 28.7 Å². The average molecular weight is 477 g/mol. The van der Waals surface area contributed by atoms with E-state index >= 15 is 0 Å². The third-order valence-electron chi connectivity index (χ3n) is 5.73. The quantitative estimate of drug-likeness (QED) is 0.327. The van der Waals surface area contributed by atoms with E-state index in [1.807, 2.05) is 13.8 Å². The Morgan fingerprint density at radius 2 is 1.88 bits per heavy atom. The van der Waals surface area contributed by atoms with E-state index < -0.39 is 29.2 Å². The minimum absolute atomic E-state index is 0.197. The summed E-state index contributed by atoms with van der Waals surface area (Å²) >= 11 is 1.15. The van der Waals surface area contributed by atoms with Crippen molar-refractivity contribution in [3.8, 4) is 5.75 Å². The number of carbonyl (C=O) groups excluding carboxylic acids is 2. The highest BCUT2D eigenvalue weighted by atomic mass is 32.1. The molecule has 0 saturated heterocycles. The summed E-state index contributed by atoms with van der Waals surface area (Å²) < 4.78 is 19.4. The molecule has 0 aliphatic rings. The molecule has 0 spiro atoms. The molecule has 0 bridgehead atoms.